The standard InChI is InChI=1S/C34H33N5OS/c1-5-31(40)36-28-17-16-25(19-21(28)2)39-33(32(37-34(39)41)29-14-8-9-18-35-29)27-20-22(3)38(23(27)4)30-15-10-12-24-11-6-7-13-26(24)30/h6-20,32-33H,5H2,1-4H3,(H,36,40)(H,37,41)/t32-,33+/m1/s1. The molecule has 1 aliphatic rings. The molecule has 3 heterocycles. The third-order valence-corrected chi connectivity index (χ3v) is 8.29. The van der Waals surface area contributed by atoms with Crippen molar-refractivity contribution in [1.29, 1.82) is 0 Å². The SMILES string of the molecule is CCC(=O)Nc1ccc(N2C(=S)N[C@H](c3ccccn3)[C@@H]2c2cc(C)n(-c3cccc4ccccc34)c2C)cc1C. The van der Waals surface area contributed by atoms with E-state index < -0.39 is 0 Å². The third kappa shape index (κ3) is 4.76. The van der Waals surface area contributed by atoms with E-state index in [1.165, 1.54) is 16.3 Å². The molecule has 0 spiro atoms. The van der Waals surface area contributed by atoms with Gasteiger partial charge in [-0.2, -0.15) is 0 Å². The van der Waals surface area contributed by atoms with Crippen LogP contribution in [-0.2, 0) is 4.79 Å². The van der Waals surface area contributed by atoms with Crippen LogP contribution in [0.2, 0.25) is 0 Å². The van der Waals surface area contributed by atoms with Gasteiger partial charge in [-0.05, 0) is 92.0 Å². The summed E-state index contributed by atoms with van der Waals surface area (Å²) in [6, 6.07) is 29.0. The van der Waals surface area contributed by atoms with Gasteiger partial charge in [0, 0.05) is 40.8 Å². The molecule has 1 aliphatic heterocycles. The number of rotatable bonds is 6. The van der Waals surface area contributed by atoms with Crippen LogP contribution in [0.3, 0.4) is 0 Å². The summed E-state index contributed by atoms with van der Waals surface area (Å²) in [5, 5.41) is 9.65. The topological polar surface area (TPSA) is 62.2 Å². The highest BCUT2D eigenvalue weighted by atomic mass is 32.1. The van der Waals surface area contributed by atoms with E-state index in [0.717, 1.165) is 39.7 Å². The predicted octanol–water partition coefficient (Wildman–Crippen LogP) is 7.48. The van der Waals surface area contributed by atoms with E-state index >= 15 is 0 Å². The molecule has 1 fully saturated rings. The second-order valence-corrected chi connectivity index (χ2v) is 10.9. The van der Waals surface area contributed by atoms with Gasteiger partial charge >= 0.3 is 0 Å². The van der Waals surface area contributed by atoms with Crippen molar-refractivity contribution < 1.29 is 4.79 Å². The Kier molecular flexibility index (Phi) is 7.05. The molecular formula is C34H33N5OS. The van der Waals surface area contributed by atoms with Crippen LogP contribution in [0.25, 0.3) is 16.5 Å². The fourth-order valence-electron chi connectivity index (χ4n) is 5.99. The van der Waals surface area contributed by atoms with Crippen molar-refractivity contribution in [3.8, 4) is 5.69 Å². The molecule has 0 saturated carbocycles. The molecule has 7 heteroatoms. The fourth-order valence-corrected chi connectivity index (χ4v) is 6.33. The van der Waals surface area contributed by atoms with Crippen LogP contribution < -0.4 is 15.5 Å². The molecule has 6 rings (SSSR count). The Morgan fingerprint density at radius 3 is 2.51 bits per heavy atom. The Balaban J connectivity index is 1.50. The van der Waals surface area contributed by atoms with Gasteiger partial charge in [0.1, 0.15) is 0 Å². The number of carbonyl (C=O) groups is 1. The van der Waals surface area contributed by atoms with Gasteiger partial charge in [-0.3, -0.25) is 9.78 Å². The van der Waals surface area contributed by atoms with Gasteiger partial charge in [-0.25, -0.2) is 0 Å². The average Bonchev–Trinajstić information content (AvgIpc) is 3.48. The second-order valence-electron chi connectivity index (χ2n) is 10.6. The molecule has 2 aromatic heterocycles. The zero-order valence-electron chi connectivity index (χ0n) is 23.7. The smallest absolute Gasteiger partial charge is 0.224 e. The van der Waals surface area contributed by atoms with Crippen LogP contribution in [0, 0.1) is 20.8 Å². The maximum Gasteiger partial charge on any atom is 0.224 e. The summed E-state index contributed by atoms with van der Waals surface area (Å²) in [4.78, 5) is 19.0. The number of amides is 1. The normalized spacial score (nSPS) is 16.7. The van der Waals surface area contributed by atoms with E-state index in [2.05, 4.69) is 94.6 Å². The molecular weight excluding hydrogens is 526 g/mol. The van der Waals surface area contributed by atoms with E-state index in [9.17, 15) is 4.79 Å². The minimum atomic E-state index is -0.148. The quantitative estimate of drug-likeness (QED) is 0.211. The number of pyridine rings is 1. The van der Waals surface area contributed by atoms with Crippen molar-refractivity contribution in [2.24, 2.45) is 0 Å². The van der Waals surface area contributed by atoms with Crippen molar-refractivity contribution >= 4 is 45.4 Å². The van der Waals surface area contributed by atoms with Crippen molar-refractivity contribution in [3.05, 3.63) is 119 Å². The van der Waals surface area contributed by atoms with E-state index in [1.807, 2.05) is 44.3 Å². The van der Waals surface area contributed by atoms with Gasteiger partial charge in [0.15, 0.2) is 5.11 Å². The number of nitrogens with one attached hydrogen (secondary N) is 2. The number of anilines is 2. The maximum atomic E-state index is 12.1. The number of hydrogen-bond donors (Lipinski definition) is 2. The number of nitrogens with zero attached hydrogens (tertiary/aromatic N) is 3. The highest BCUT2D eigenvalue weighted by Crippen LogP contribution is 2.44. The number of aryl methyl sites for hydroxylation is 2. The highest BCUT2D eigenvalue weighted by molar-refractivity contribution is 7.80. The number of hydrogen-bond acceptors (Lipinski definition) is 3. The molecule has 1 amide bonds. The van der Waals surface area contributed by atoms with E-state index in [-0.39, 0.29) is 18.0 Å². The van der Waals surface area contributed by atoms with Gasteiger partial charge in [0.2, 0.25) is 5.91 Å². The molecule has 206 valence electrons. The van der Waals surface area contributed by atoms with E-state index in [1.54, 1.807) is 0 Å². The lowest BCUT2D eigenvalue weighted by molar-refractivity contribution is -0.115. The summed E-state index contributed by atoms with van der Waals surface area (Å²) in [5.41, 5.74) is 8.34. The zero-order chi connectivity index (χ0) is 28.7. The van der Waals surface area contributed by atoms with Crippen molar-refractivity contribution in [2.75, 3.05) is 10.2 Å². The lowest BCUT2D eigenvalue weighted by atomic mass is 9.96. The zero-order valence-corrected chi connectivity index (χ0v) is 24.5. The highest BCUT2D eigenvalue weighted by Gasteiger charge is 2.42. The molecule has 0 radical (unpaired) electrons. The van der Waals surface area contributed by atoms with Crippen molar-refractivity contribution in [3.63, 3.8) is 0 Å². The first-order chi connectivity index (χ1) is 19.9. The summed E-state index contributed by atoms with van der Waals surface area (Å²) in [6.45, 7) is 8.21. The Hall–Kier alpha value is -4.49. The summed E-state index contributed by atoms with van der Waals surface area (Å²) >= 11 is 5.99. The average molecular weight is 560 g/mol. The van der Waals surface area contributed by atoms with Crippen molar-refractivity contribution in [2.45, 2.75) is 46.2 Å². The second kappa shape index (κ2) is 10.8. The first-order valence-electron chi connectivity index (χ1n) is 14.0. The molecule has 0 bridgehead atoms. The minimum absolute atomic E-state index is 0.00632. The summed E-state index contributed by atoms with van der Waals surface area (Å²) in [5.74, 6) is -0.00632. The number of carbonyl (C=O) groups excluding carboxylic acids is 1. The molecule has 3 aromatic carbocycles. The minimum Gasteiger partial charge on any atom is -0.351 e. The van der Waals surface area contributed by atoms with Crippen LogP contribution in [0.4, 0.5) is 11.4 Å². The Morgan fingerprint density at radius 2 is 1.76 bits per heavy atom. The molecule has 5 aromatic rings. The number of aromatic nitrogens is 2. The van der Waals surface area contributed by atoms with Crippen molar-refractivity contribution in [1.82, 2.24) is 14.9 Å². The van der Waals surface area contributed by atoms with Crippen LogP contribution in [-0.4, -0.2) is 20.6 Å². The van der Waals surface area contributed by atoms with Gasteiger partial charge in [0.05, 0.1) is 23.5 Å². The first kappa shape index (κ1) is 26.7. The molecule has 41 heavy (non-hydrogen) atoms. The summed E-state index contributed by atoms with van der Waals surface area (Å²) in [7, 11) is 0. The van der Waals surface area contributed by atoms with Crippen LogP contribution in [0.1, 0.15) is 53.6 Å². The Bertz CT molecular complexity index is 1770. The molecule has 1 saturated heterocycles. The van der Waals surface area contributed by atoms with Gasteiger partial charge in [-0.15, -0.1) is 0 Å². The van der Waals surface area contributed by atoms with Crippen LogP contribution in [0.15, 0.2) is 91.1 Å². The van der Waals surface area contributed by atoms with Gasteiger partial charge in [-0.1, -0.05) is 49.4 Å². The summed E-state index contributed by atoms with van der Waals surface area (Å²) < 4.78 is 2.35. The van der Waals surface area contributed by atoms with E-state index in [4.69, 9.17) is 17.2 Å². The lowest BCUT2D eigenvalue weighted by Gasteiger charge is -2.29. The summed E-state index contributed by atoms with van der Waals surface area (Å²) in [6.07, 6.45) is 2.26. The fraction of sp³-hybridized carbons (Fsp3) is 0.206. The molecule has 2 atom stereocenters. The maximum absolute atomic E-state index is 12.1. The molecule has 6 nitrogen and oxygen atoms in total. The van der Waals surface area contributed by atoms with E-state index in [0.29, 0.717) is 11.5 Å². The number of thiocarbonyl (C=S) groups is 1. The molecule has 2 N–H and O–H groups in total. The van der Waals surface area contributed by atoms with Gasteiger partial charge < -0.3 is 20.1 Å². The largest absolute Gasteiger partial charge is 0.351 e. The first-order valence-corrected chi connectivity index (χ1v) is 14.4. The predicted molar refractivity (Wildman–Crippen MR) is 171 cm³/mol. The number of fused-ring (bicyclic) bond motifs is 1. The molecule has 0 aliphatic carbocycles. The Labute approximate surface area is 246 Å². The third-order valence-electron chi connectivity index (χ3n) is 7.98. The van der Waals surface area contributed by atoms with Gasteiger partial charge in [0.25, 0.3) is 0 Å². The lowest BCUT2D eigenvalue weighted by Crippen LogP contribution is -2.29. The van der Waals surface area contributed by atoms with Crippen LogP contribution in [0.5, 0.6) is 0 Å². The monoisotopic (exact) mass is 559 g/mol. The Morgan fingerprint density at radius 1 is 0.976 bits per heavy atom. The number of benzene rings is 3. The van der Waals surface area contributed by atoms with Crippen LogP contribution >= 0.6 is 12.2 Å². The molecule has 0 unspecified atom stereocenters.